The number of halogens is 1. The SMILES string of the molecule is CN(Cc1cscn1)S(=O)(=O)CBr. The molecule has 1 rings (SSSR count). The lowest BCUT2D eigenvalue weighted by atomic mass is 10.5. The normalized spacial score (nSPS) is 12.2. The molecule has 0 spiro atoms. The second kappa shape index (κ2) is 4.50. The molecule has 4 nitrogen and oxygen atoms in total. The van der Waals surface area contributed by atoms with E-state index in [9.17, 15) is 8.42 Å². The third-order valence-corrected chi connectivity index (χ3v) is 5.21. The van der Waals surface area contributed by atoms with Gasteiger partial charge in [-0.3, -0.25) is 0 Å². The van der Waals surface area contributed by atoms with Gasteiger partial charge in [-0.25, -0.2) is 13.4 Å². The lowest BCUT2D eigenvalue weighted by molar-refractivity contribution is 0.467. The predicted molar refractivity (Wildman–Crippen MR) is 56.3 cm³/mol. The quantitative estimate of drug-likeness (QED) is 0.782. The van der Waals surface area contributed by atoms with Crippen molar-refractivity contribution in [1.29, 1.82) is 0 Å². The van der Waals surface area contributed by atoms with Crippen LogP contribution in [0.2, 0.25) is 0 Å². The first-order valence-electron chi connectivity index (χ1n) is 3.43. The molecule has 0 unspecified atom stereocenters. The van der Waals surface area contributed by atoms with Crippen LogP contribution in [0.1, 0.15) is 5.69 Å². The molecule has 0 atom stereocenters. The average molecular weight is 285 g/mol. The lowest BCUT2D eigenvalue weighted by Crippen LogP contribution is -2.27. The zero-order valence-corrected chi connectivity index (χ0v) is 10.2. The first kappa shape index (κ1) is 11.1. The summed E-state index contributed by atoms with van der Waals surface area (Å²) in [4.78, 5) is 4.00. The lowest BCUT2D eigenvalue weighted by Gasteiger charge is -2.13. The van der Waals surface area contributed by atoms with Gasteiger partial charge in [-0.05, 0) is 0 Å². The van der Waals surface area contributed by atoms with Crippen LogP contribution in [0, 0.1) is 0 Å². The monoisotopic (exact) mass is 284 g/mol. The minimum absolute atomic E-state index is 0.0549. The van der Waals surface area contributed by atoms with E-state index in [1.807, 2.05) is 5.38 Å². The summed E-state index contributed by atoms with van der Waals surface area (Å²) < 4.78 is 23.8. The molecule has 7 heteroatoms. The van der Waals surface area contributed by atoms with E-state index < -0.39 is 10.0 Å². The van der Waals surface area contributed by atoms with Crippen LogP contribution in [0.4, 0.5) is 0 Å². The van der Waals surface area contributed by atoms with Crippen molar-refractivity contribution in [3.8, 4) is 0 Å². The standard InChI is InChI=1S/C6H9BrN2O2S2/c1-9(13(10,11)4-7)2-6-3-12-5-8-6/h3,5H,2,4H2,1H3. The van der Waals surface area contributed by atoms with Gasteiger partial charge in [-0.15, -0.1) is 11.3 Å². The van der Waals surface area contributed by atoms with Gasteiger partial charge in [0.25, 0.3) is 0 Å². The van der Waals surface area contributed by atoms with Gasteiger partial charge >= 0.3 is 0 Å². The molecule has 0 N–H and O–H groups in total. The molecule has 1 aromatic heterocycles. The van der Waals surface area contributed by atoms with Gasteiger partial charge in [0.15, 0.2) is 0 Å². The zero-order valence-electron chi connectivity index (χ0n) is 6.97. The van der Waals surface area contributed by atoms with Crippen LogP contribution in [0.15, 0.2) is 10.9 Å². The van der Waals surface area contributed by atoms with E-state index in [1.165, 1.54) is 22.7 Å². The van der Waals surface area contributed by atoms with Crippen LogP contribution in [0.25, 0.3) is 0 Å². The van der Waals surface area contributed by atoms with Crippen molar-refractivity contribution >= 4 is 37.3 Å². The topological polar surface area (TPSA) is 50.3 Å². The molecule has 1 heterocycles. The summed E-state index contributed by atoms with van der Waals surface area (Å²) in [6.07, 6.45) is 0. The maximum Gasteiger partial charge on any atom is 0.224 e. The summed E-state index contributed by atoms with van der Waals surface area (Å²) in [5.41, 5.74) is 2.46. The zero-order chi connectivity index (χ0) is 9.90. The number of thiazole rings is 1. The van der Waals surface area contributed by atoms with E-state index in [0.29, 0.717) is 6.54 Å². The third kappa shape index (κ3) is 3.01. The molecular formula is C6H9BrN2O2S2. The fraction of sp³-hybridized carbons (Fsp3) is 0.500. The van der Waals surface area contributed by atoms with E-state index in [1.54, 1.807) is 5.51 Å². The number of sulfonamides is 1. The van der Waals surface area contributed by atoms with Crippen LogP contribution in [-0.2, 0) is 16.6 Å². The van der Waals surface area contributed by atoms with Gasteiger partial charge in [-0.2, -0.15) is 4.31 Å². The highest BCUT2D eigenvalue weighted by Crippen LogP contribution is 2.09. The highest BCUT2D eigenvalue weighted by atomic mass is 79.9. The number of hydrogen-bond acceptors (Lipinski definition) is 4. The van der Waals surface area contributed by atoms with Crippen molar-refractivity contribution in [1.82, 2.24) is 9.29 Å². The molecule has 0 saturated carbocycles. The van der Waals surface area contributed by atoms with E-state index >= 15 is 0 Å². The van der Waals surface area contributed by atoms with Gasteiger partial charge < -0.3 is 0 Å². The van der Waals surface area contributed by atoms with E-state index in [-0.39, 0.29) is 4.66 Å². The Balaban J connectivity index is 2.66. The molecular weight excluding hydrogens is 276 g/mol. The molecule has 1 aromatic rings. The molecule has 0 aliphatic heterocycles. The van der Waals surface area contributed by atoms with Crippen molar-refractivity contribution in [2.75, 3.05) is 11.7 Å². The minimum Gasteiger partial charge on any atom is -0.248 e. The summed E-state index contributed by atoms with van der Waals surface area (Å²) in [5, 5.41) is 1.83. The maximum absolute atomic E-state index is 11.3. The van der Waals surface area contributed by atoms with Crippen molar-refractivity contribution in [2.45, 2.75) is 6.54 Å². The van der Waals surface area contributed by atoms with E-state index in [4.69, 9.17) is 0 Å². The fourth-order valence-corrected chi connectivity index (χ4v) is 2.82. The van der Waals surface area contributed by atoms with Crippen LogP contribution in [0.5, 0.6) is 0 Å². The Bertz CT molecular complexity index is 349. The number of alkyl halides is 1. The van der Waals surface area contributed by atoms with Gasteiger partial charge in [0, 0.05) is 12.4 Å². The summed E-state index contributed by atoms with van der Waals surface area (Å²) in [5.74, 6) is 0. The van der Waals surface area contributed by atoms with E-state index in [0.717, 1.165) is 5.69 Å². The summed E-state index contributed by atoms with van der Waals surface area (Å²) in [6, 6.07) is 0. The average Bonchev–Trinajstić information content (AvgIpc) is 2.57. The first-order chi connectivity index (χ1) is 6.06. The molecule has 0 saturated heterocycles. The largest absolute Gasteiger partial charge is 0.248 e. The molecule has 74 valence electrons. The highest BCUT2D eigenvalue weighted by Gasteiger charge is 2.16. The van der Waals surface area contributed by atoms with Gasteiger partial charge in [-0.1, -0.05) is 15.9 Å². The first-order valence-corrected chi connectivity index (χ1v) is 7.10. The van der Waals surface area contributed by atoms with Crippen LogP contribution in [-0.4, -0.2) is 29.4 Å². The van der Waals surface area contributed by atoms with Gasteiger partial charge in [0.1, 0.15) is 4.66 Å². The summed E-state index contributed by atoms with van der Waals surface area (Å²) in [6.45, 7) is 0.331. The molecule has 0 aliphatic carbocycles. The fourth-order valence-electron chi connectivity index (χ4n) is 0.725. The molecule has 0 amide bonds. The Morgan fingerprint density at radius 2 is 2.38 bits per heavy atom. The van der Waals surface area contributed by atoms with E-state index in [2.05, 4.69) is 20.9 Å². The van der Waals surface area contributed by atoms with Gasteiger partial charge in [0.05, 0.1) is 17.7 Å². The smallest absolute Gasteiger partial charge is 0.224 e. The Morgan fingerprint density at radius 1 is 1.69 bits per heavy atom. The Labute approximate surface area is 89.8 Å². The van der Waals surface area contributed by atoms with Crippen molar-refractivity contribution < 1.29 is 8.42 Å². The number of nitrogens with zero attached hydrogens (tertiary/aromatic N) is 2. The molecule has 13 heavy (non-hydrogen) atoms. The molecule has 0 bridgehead atoms. The Morgan fingerprint density at radius 3 is 2.85 bits per heavy atom. The van der Waals surface area contributed by atoms with Crippen molar-refractivity contribution in [3.05, 3.63) is 16.6 Å². The van der Waals surface area contributed by atoms with Crippen molar-refractivity contribution in [2.24, 2.45) is 0 Å². The molecule has 0 fully saturated rings. The Hall–Kier alpha value is 0.0200. The summed E-state index contributed by atoms with van der Waals surface area (Å²) in [7, 11) is -1.62. The van der Waals surface area contributed by atoms with Crippen molar-refractivity contribution in [3.63, 3.8) is 0 Å². The van der Waals surface area contributed by atoms with Crippen LogP contribution >= 0.6 is 27.3 Å². The molecule has 0 aliphatic rings. The second-order valence-electron chi connectivity index (χ2n) is 2.46. The second-order valence-corrected chi connectivity index (χ2v) is 6.55. The molecule has 0 aromatic carbocycles. The minimum atomic E-state index is -3.16. The number of rotatable bonds is 4. The van der Waals surface area contributed by atoms with Gasteiger partial charge in [0.2, 0.25) is 10.0 Å². The van der Waals surface area contributed by atoms with Crippen LogP contribution < -0.4 is 0 Å². The van der Waals surface area contributed by atoms with Crippen LogP contribution in [0.3, 0.4) is 0 Å². The Kier molecular flexibility index (Phi) is 3.84. The molecule has 0 radical (unpaired) electrons. The number of hydrogen-bond donors (Lipinski definition) is 0. The third-order valence-electron chi connectivity index (χ3n) is 1.48. The highest BCUT2D eigenvalue weighted by molar-refractivity contribution is 9.10. The summed E-state index contributed by atoms with van der Waals surface area (Å²) >= 11 is 4.38. The number of aromatic nitrogens is 1. The maximum atomic E-state index is 11.3. The predicted octanol–water partition coefficient (Wildman–Crippen LogP) is 1.26.